The van der Waals surface area contributed by atoms with E-state index in [2.05, 4.69) is 6.92 Å². The SMILES string of the molecule is CCC1CC2C(=O)N(CC(Cl)C#N)C(=O)C2C1. The number of hydrogen-bond donors (Lipinski definition) is 0. The Morgan fingerprint density at radius 1 is 1.41 bits per heavy atom. The molecule has 1 aliphatic carbocycles. The van der Waals surface area contributed by atoms with Gasteiger partial charge in [-0.05, 0) is 18.8 Å². The summed E-state index contributed by atoms with van der Waals surface area (Å²) in [5.41, 5.74) is 0. The Balaban J connectivity index is 2.09. The lowest BCUT2D eigenvalue weighted by Gasteiger charge is -2.17. The number of alkyl halides is 1. The van der Waals surface area contributed by atoms with Gasteiger partial charge < -0.3 is 0 Å². The first-order valence-corrected chi connectivity index (χ1v) is 6.41. The first-order chi connectivity index (χ1) is 8.08. The number of fused-ring (bicyclic) bond motifs is 1. The lowest BCUT2D eigenvalue weighted by Crippen LogP contribution is -2.36. The molecule has 1 heterocycles. The van der Waals surface area contributed by atoms with Crippen molar-refractivity contribution in [1.29, 1.82) is 5.26 Å². The van der Waals surface area contributed by atoms with Crippen LogP contribution in [0.25, 0.3) is 0 Å². The van der Waals surface area contributed by atoms with Gasteiger partial charge in [-0.1, -0.05) is 13.3 Å². The topological polar surface area (TPSA) is 61.2 Å². The third-order valence-corrected chi connectivity index (χ3v) is 4.12. The minimum absolute atomic E-state index is 0.0273. The van der Waals surface area contributed by atoms with Crippen LogP contribution in [0, 0.1) is 29.1 Å². The van der Waals surface area contributed by atoms with Crippen molar-refractivity contribution in [3.05, 3.63) is 0 Å². The fraction of sp³-hybridized carbons (Fsp3) is 0.750. The number of nitrogens with zero attached hydrogens (tertiary/aromatic N) is 2. The second-order valence-electron chi connectivity index (χ2n) is 4.84. The molecule has 0 radical (unpaired) electrons. The largest absolute Gasteiger partial charge is 0.280 e. The number of rotatable bonds is 3. The van der Waals surface area contributed by atoms with Crippen molar-refractivity contribution in [1.82, 2.24) is 4.90 Å². The van der Waals surface area contributed by atoms with Gasteiger partial charge in [-0.15, -0.1) is 11.6 Å². The highest BCUT2D eigenvalue weighted by molar-refractivity contribution is 6.23. The highest BCUT2D eigenvalue weighted by atomic mass is 35.5. The molecule has 0 aromatic carbocycles. The van der Waals surface area contributed by atoms with Gasteiger partial charge in [0.1, 0.15) is 5.38 Å². The van der Waals surface area contributed by atoms with Gasteiger partial charge in [0.2, 0.25) is 11.8 Å². The number of amides is 2. The average Bonchev–Trinajstić information content (AvgIpc) is 2.85. The molecule has 0 bridgehead atoms. The van der Waals surface area contributed by atoms with Gasteiger partial charge in [-0.3, -0.25) is 14.5 Å². The molecule has 2 aliphatic rings. The normalized spacial score (nSPS) is 33.7. The highest BCUT2D eigenvalue weighted by Gasteiger charge is 2.52. The zero-order chi connectivity index (χ0) is 12.6. The van der Waals surface area contributed by atoms with E-state index in [0.717, 1.165) is 19.3 Å². The fourth-order valence-corrected chi connectivity index (χ4v) is 3.05. The van der Waals surface area contributed by atoms with E-state index in [1.54, 1.807) is 0 Å². The van der Waals surface area contributed by atoms with Crippen molar-refractivity contribution < 1.29 is 9.59 Å². The first-order valence-electron chi connectivity index (χ1n) is 5.97. The summed E-state index contributed by atoms with van der Waals surface area (Å²) in [5, 5.41) is 7.82. The summed E-state index contributed by atoms with van der Waals surface area (Å²) in [4.78, 5) is 25.3. The van der Waals surface area contributed by atoms with Crippen LogP contribution in [0.4, 0.5) is 0 Å². The van der Waals surface area contributed by atoms with Crippen molar-refractivity contribution in [2.45, 2.75) is 31.6 Å². The lowest BCUT2D eigenvalue weighted by molar-refractivity contribution is -0.140. The second kappa shape index (κ2) is 4.66. The molecule has 3 unspecified atom stereocenters. The van der Waals surface area contributed by atoms with E-state index in [-0.39, 0.29) is 30.2 Å². The quantitative estimate of drug-likeness (QED) is 0.567. The summed E-state index contributed by atoms with van der Waals surface area (Å²) >= 11 is 5.68. The van der Waals surface area contributed by atoms with Crippen LogP contribution >= 0.6 is 11.6 Å². The third-order valence-electron chi connectivity index (χ3n) is 3.89. The van der Waals surface area contributed by atoms with E-state index in [9.17, 15) is 9.59 Å². The summed E-state index contributed by atoms with van der Waals surface area (Å²) in [5.74, 6) is -0.0819. The molecule has 3 atom stereocenters. The molecule has 92 valence electrons. The molecule has 1 saturated heterocycles. The maximum absolute atomic E-state index is 12.0. The molecule has 17 heavy (non-hydrogen) atoms. The van der Waals surface area contributed by atoms with Crippen molar-refractivity contribution in [3.8, 4) is 6.07 Å². The van der Waals surface area contributed by atoms with Crippen molar-refractivity contribution in [3.63, 3.8) is 0 Å². The number of carbonyl (C=O) groups excluding carboxylic acids is 2. The molecule has 0 aromatic rings. The minimum Gasteiger partial charge on any atom is -0.280 e. The molecular weight excluding hydrogens is 240 g/mol. The van der Waals surface area contributed by atoms with Crippen molar-refractivity contribution in [2.24, 2.45) is 17.8 Å². The molecule has 1 aliphatic heterocycles. The molecule has 0 aromatic heterocycles. The van der Waals surface area contributed by atoms with Crippen LogP contribution in [0.1, 0.15) is 26.2 Å². The Labute approximate surface area is 106 Å². The van der Waals surface area contributed by atoms with Gasteiger partial charge in [0, 0.05) is 0 Å². The number of nitriles is 1. The van der Waals surface area contributed by atoms with Crippen LogP contribution < -0.4 is 0 Å². The van der Waals surface area contributed by atoms with Gasteiger partial charge in [0.25, 0.3) is 0 Å². The predicted molar refractivity (Wildman–Crippen MR) is 62.0 cm³/mol. The summed E-state index contributed by atoms with van der Waals surface area (Å²) in [6.07, 6.45) is 2.63. The zero-order valence-corrected chi connectivity index (χ0v) is 10.5. The van der Waals surface area contributed by atoms with Gasteiger partial charge in [-0.25, -0.2) is 0 Å². The van der Waals surface area contributed by atoms with Gasteiger partial charge in [0.15, 0.2) is 0 Å². The molecule has 2 rings (SSSR count). The molecule has 4 nitrogen and oxygen atoms in total. The maximum Gasteiger partial charge on any atom is 0.233 e. The average molecular weight is 255 g/mol. The van der Waals surface area contributed by atoms with E-state index < -0.39 is 5.38 Å². The minimum atomic E-state index is -0.802. The molecular formula is C12H15ClN2O2. The first kappa shape index (κ1) is 12.4. The predicted octanol–water partition coefficient (Wildman–Crippen LogP) is 1.54. The lowest BCUT2D eigenvalue weighted by atomic mass is 10.00. The van der Waals surface area contributed by atoms with Crippen LogP contribution in [-0.2, 0) is 9.59 Å². The Morgan fingerprint density at radius 2 is 1.94 bits per heavy atom. The zero-order valence-electron chi connectivity index (χ0n) is 9.73. The number of imide groups is 1. The number of likely N-dealkylation sites (tertiary alicyclic amines) is 1. The van der Waals surface area contributed by atoms with E-state index >= 15 is 0 Å². The van der Waals surface area contributed by atoms with Crippen LogP contribution in [-0.4, -0.2) is 28.6 Å². The molecule has 0 spiro atoms. The van der Waals surface area contributed by atoms with Crippen molar-refractivity contribution in [2.75, 3.05) is 6.54 Å². The van der Waals surface area contributed by atoms with E-state index in [1.165, 1.54) is 4.90 Å². The molecule has 5 heteroatoms. The van der Waals surface area contributed by atoms with Gasteiger partial charge in [-0.2, -0.15) is 5.26 Å². The van der Waals surface area contributed by atoms with Crippen LogP contribution in [0.3, 0.4) is 0 Å². The van der Waals surface area contributed by atoms with Crippen LogP contribution in [0.5, 0.6) is 0 Å². The molecule has 2 amide bonds. The Bertz CT molecular complexity index is 366. The smallest absolute Gasteiger partial charge is 0.233 e. The Morgan fingerprint density at radius 3 is 2.35 bits per heavy atom. The Hall–Kier alpha value is -1.08. The van der Waals surface area contributed by atoms with E-state index in [4.69, 9.17) is 16.9 Å². The van der Waals surface area contributed by atoms with Gasteiger partial charge in [0.05, 0.1) is 24.4 Å². The Kier molecular flexibility index (Phi) is 3.39. The summed E-state index contributed by atoms with van der Waals surface area (Å²) in [7, 11) is 0. The summed E-state index contributed by atoms with van der Waals surface area (Å²) < 4.78 is 0. The van der Waals surface area contributed by atoms with E-state index in [0.29, 0.717) is 5.92 Å². The third kappa shape index (κ3) is 2.04. The highest BCUT2D eigenvalue weighted by Crippen LogP contribution is 2.44. The standard InChI is InChI=1S/C12H15ClN2O2/c1-2-7-3-9-10(4-7)12(17)15(11(9)16)6-8(13)5-14/h7-10H,2-4,6H2,1H3. The molecule has 2 fully saturated rings. The fourth-order valence-electron chi connectivity index (χ4n) is 2.91. The second-order valence-corrected chi connectivity index (χ2v) is 5.37. The summed E-state index contributed by atoms with van der Waals surface area (Å²) in [6, 6.07) is 1.84. The summed E-state index contributed by atoms with van der Waals surface area (Å²) in [6.45, 7) is 2.11. The van der Waals surface area contributed by atoms with E-state index in [1.807, 2.05) is 6.07 Å². The maximum atomic E-state index is 12.0. The number of halogens is 1. The van der Waals surface area contributed by atoms with Crippen molar-refractivity contribution >= 4 is 23.4 Å². The van der Waals surface area contributed by atoms with Crippen LogP contribution in [0.15, 0.2) is 0 Å². The molecule has 1 saturated carbocycles. The van der Waals surface area contributed by atoms with Gasteiger partial charge >= 0.3 is 0 Å². The molecule has 0 N–H and O–H groups in total. The number of hydrogen-bond acceptors (Lipinski definition) is 3. The van der Waals surface area contributed by atoms with Crippen LogP contribution in [0.2, 0.25) is 0 Å². The number of carbonyl (C=O) groups is 2. The monoisotopic (exact) mass is 254 g/mol.